The number of hydrogen-bond donors (Lipinski definition) is 0. The molecular weight excluding hydrogens is 270 g/mol. The van der Waals surface area contributed by atoms with Crippen molar-refractivity contribution in [3.05, 3.63) is 23.8 Å². The first kappa shape index (κ1) is 18.9. The highest BCUT2D eigenvalue weighted by Gasteiger charge is 2.12. The van der Waals surface area contributed by atoms with Gasteiger partial charge in [0.1, 0.15) is 5.75 Å². The maximum Gasteiger partial charge on any atom is 0.142 e. The predicted molar refractivity (Wildman–Crippen MR) is 98.2 cm³/mol. The van der Waals surface area contributed by atoms with Crippen LogP contribution in [0.5, 0.6) is 5.75 Å². The Hall–Kier alpha value is -1.18. The lowest BCUT2D eigenvalue weighted by Crippen LogP contribution is -2.26. The van der Waals surface area contributed by atoms with Crippen molar-refractivity contribution in [2.24, 2.45) is 0 Å². The summed E-state index contributed by atoms with van der Waals surface area (Å²) in [5, 5.41) is 0. The zero-order chi connectivity index (χ0) is 16.2. The summed E-state index contributed by atoms with van der Waals surface area (Å²) < 4.78 is 5.59. The number of nitrogens with zero attached hydrogens (tertiary/aromatic N) is 1. The molecule has 0 heterocycles. The second kappa shape index (κ2) is 11.4. The minimum Gasteiger partial charge on any atom is -0.495 e. The van der Waals surface area contributed by atoms with Crippen LogP contribution in [0.4, 0.5) is 5.69 Å². The van der Waals surface area contributed by atoms with Crippen LogP contribution in [0, 0.1) is 6.92 Å². The summed E-state index contributed by atoms with van der Waals surface area (Å²) in [5.74, 6) is 1.01. The Kier molecular flexibility index (Phi) is 9.77. The van der Waals surface area contributed by atoms with Crippen LogP contribution in [-0.4, -0.2) is 20.2 Å². The molecule has 1 rings (SSSR count). The van der Waals surface area contributed by atoms with E-state index in [0.717, 1.165) is 18.8 Å². The normalized spacial score (nSPS) is 10.7. The van der Waals surface area contributed by atoms with Crippen molar-refractivity contribution in [1.29, 1.82) is 0 Å². The molecule has 0 aromatic heterocycles. The van der Waals surface area contributed by atoms with Crippen LogP contribution in [-0.2, 0) is 0 Å². The molecule has 0 bridgehead atoms. The fourth-order valence-electron chi connectivity index (χ4n) is 2.86. The summed E-state index contributed by atoms with van der Waals surface area (Å²) in [6, 6.07) is 6.52. The van der Waals surface area contributed by atoms with E-state index in [9.17, 15) is 0 Å². The number of anilines is 1. The van der Waals surface area contributed by atoms with Crippen molar-refractivity contribution in [2.45, 2.75) is 72.1 Å². The quantitative estimate of drug-likeness (QED) is 0.441. The summed E-state index contributed by atoms with van der Waals surface area (Å²) in [6.45, 7) is 8.99. The zero-order valence-corrected chi connectivity index (χ0v) is 15.2. The summed E-state index contributed by atoms with van der Waals surface area (Å²) in [5.41, 5.74) is 2.58. The van der Waals surface area contributed by atoms with Gasteiger partial charge in [0.05, 0.1) is 12.8 Å². The van der Waals surface area contributed by atoms with Gasteiger partial charge < -0.3 is 9.64 Å². The number of unbranched alkanes of at least 4 members (excludes halogenated alkanes) is 6. The number of rotatable bonds is 12. The van der Waals surface area contributed by atoms with Gasteiger partial charge in [-0.3, -0.25) is 0 Å². The Balaban J connectivity index is 2.71. The average molecular weight is 306 g/mol. The first-order valence-electron chi connectivity index (χ1n) is 9.12. The molecule has 126 valence electrons. The molecule has 0 saturated carbocycles. The Morgan fingerprint density at radius 2 is 1.45 bits per heavy atom. The van der Waals surface area contributed by atoms with Gasteiger partial charge in [-0.25, -0.2) is 0 Å². The molecule has 0 unspecified atom stereocenters. The van der Waals surface area contributed by atoms with Crippen molar-refractivity contribution in [3.63, 3.8) is 0 Å². The van der Waals surface area contributed by atoms with Gasteiger partial charge in [0, 0.05) is 13.1 Å². The molecule has 0 aliphatic carbocycles. The van der Waals surface area contributed by atoms with Gasteiger partial charge in [-0.2, -0.15) is 0 Å². The van der Waals surface area contributed by atoms with Gasteiger partial charge in [-0.05, 0) is 37.5 Å². The van der Waals surface area contributed by atoms with Crippen LogP contribution >= 0.6 is 0 Å². The van der Waals surface area contributed by atoms with Crippen LogP contribution < -0.4 is 9.64 Å². The Morgan fingerprint density at radius 1 is 0.864 bits per heavy atom. The van der Waals surface area contributed by atoms with Gasteiger partial charge in [0.25, 0.3) is 0 Å². The van der Waals surface area contributed by atoms with E-state index in [1.807, 2.05) is 0 Å². The number of ether oxygens (including phenoxy) is 1. The Bertz CT molecular complexity index is 391. The Labute approximate surface area is 137 Å². The molecule has 2 nitrogen and oxygen atoms in total. The maximum absolute atomic E-state index is 5.59. The molecule has 0 N–H and O–H groups in total. The van der Waals surface area contributed by atoms with Gasteiger partial charge >= 0.3 is 0 Å². The van der Waals surface area contributed by atoms with E-state index in [4.69, 9.17) is 4.74 Å². The molecule has 22 heavy (non-hydrogen) atoms. The lowest BCUT2D eigenvalue weighted by atomic mass is 10.1. The first-order chi connectivity index (χ1) is 10.7. The van der Waals surface area contributed by atoms with E-state index < -0.39 is 0 Å². The van der Waals surface area contributed by atoms with Crippen LogP contribution in [0.2, 0.25) is 0 Å². The molecule has 2 heteroatoms. The van der Waals surface area contributed by atoms with E-state index in [1.54, 1.807) is 7.11 Å². The third-order valence-electron chi connectivity index (χ3n) is 4.24. The fourth-order valence-corrected chi connectivity index (χ4v) is 2.86. The van der Waals surface area contributed by atoms with Crippen molar-refractivity contribution in [1.82, 2.24) is 0 Å². The second-order valence-corrected chi connectivity index (χ2v) is 6.28. The Morgan fingerprint density at radius 3 is 1.95 bits per heavy atom. The second-order valence-electron chi connectivity index (χ2n) is 6.28. The SMILES string of the molecule is CCCCCCN(CCCCCC)c1cc(C)ccc1OC. The molecule has 0 radical (unpaired) electrons. The molecule has 0 aliphatic rings. The number of benzene rings is 1. The van der Waals surface area contributed by atoms with Crippen LogP contribution in [0.25, 0.3) is 0 Å². The molecule has 0 saturated heterocycles. The third kappa shape index (κ3) is 6.72. The summed E-state index contributed by atoms with van der Waals surface area (Å²) in [6.07, 6.45) is 10.5. The van der Waals surface area contributed by atoms with Gasteiger partial charge in [0.15, 0.2) is 0 Å². The molecule has 0 aliphatic heterocycles. The molecule has 1 aromatic carbocycles. The predicted octanol–water partition coefficient (Wildman–Crippen LogP) is 5.97. The summed E-state index contributed by atoms with van der Waals surface area (Å²) in [7, 11) is 1.78. The van der Waals surface area contributed by atoms with E-state index >= 15 is 0 Å². The van der Waals surface area contributed by atoms with E-state index in [-0.39, 0.29) is 0 Å². The molecule has 0 amide bonds. The smallest absolute Gasteiger partial charge is 0.142 e. The maximum atomic E-state index is 5.59. The number of methoxy groups -OCH3 is 1. The lowest BCUT2D eigenvalue weighted by molar-refractivity contribution is 0.413. The van der Waals surface area contributed by atoms with Crippen molar-refractivity contribution >= 4 is 5.69 Å². The highest BCUT2D eigenvalue weighted by atomic mass is 16.5. The minimum atomic E-state index is 1.01. The molecule has 0 spiro atoms. The van der Waals surface area contributed by atoms with Crippen LogP contribution in [0.15, 0.2) is 18.2 Å². The highest BCUT2D eigenvalue weighted by Crippen LogP contribution is 2.30. The molecular formula is C20H35NO. The standard InChI is InChI=1S/C20H35NO/c1-5-7-9-11-15-21(16-12-10-8-6-2)19-17-18(3)13-14-20(19)22-4/h13-14,17H,5-12,15-16H2,1-4H3. The molecule has 1 aromatic rings. The first-order valence-corrected chi connectivity index (χ1v) is 9.12. The zero-order valence-electron chi connectivity index (χ0n) is 15.2. The number of hydrogen-bond acceptors (Lipinski definition) is 2. The lowest BCUT2D eigenvalue weighted by Gasteiger charge is -2.27. The fraction of sp³-hybridized carbons (Fsp3) is 0.700. The van der Waals surface area contributed by atoms with Gasteiger partial charge in [0.2, 0.25) is 0 Å². The van der Waals surface area contributed by atoms with Gasteiger partial charge in [-0.1, -0.05) is 58.4 Å². The largest absolute Gasteiger partial charge is 0.495 e. The third-order valence-corrected chi connectivity index (χ3v) is 4.24. The van der Waals surface area contributed by atoms with Crippen LogP contribution in [0.3, 0.4) is 0 Å². The summed E-state index contributed by atoms with van der Waals surface area (Å²) in [4.78, 5) is 2.54. The van der Waals surface area contributed by atoms with E-state index in [0.29, 0.717) is 0 Å². The van der Waals surface area contributed by atoms with E-state index in [2.05, 4.69) is 43.9 Å². The summed E-state index contributed by atoms with van der Waals surface area (Å²) >= 11 is 0. The van der Waals surface area contributed by atoms with Crippen LogP contribution in [0.1, 0.15) is 70.8 Å². The monoisotopic (exact) mass is 305 g/mol. The van der Waals surface area contributed by atoms with Gasteiger partial charge in [-0.15, -0.1) is 0 Å². The highest BCUT2D eigenvalue weighted by molar-refractivity contribution is 5.60. The van der Waals surface area contributed by atoms with Crippen molar-refractivity contribution < 1.29 is 4.74 Å². The van der Waals surface area contributed by atoms with Crippen molar-refractivity contribution in [2.75, 3.05) is 25.1 Å². The van der Waals surface area contributed by atoms with Crippen molar-refractivity contribution in [3.8, 4) is 5.75 Å². The number of aryl methyl sites for hydroxylation is 1. The topological polar surface area (TPSA) is 12.5 Å². The average Bonchev–Trinajstić information content (AvgIpc) is 2.53. The molecule has 0 atom stereocenters. The minimum absolute atomic E-state index is 1.01. The van der Waals surface area contributed by atoms with E-state index in [1.165, 1.54) is 62.6 Å². The molecule has 0 fully saturated rings.